The van der Waals surface area contributed by atoms with Gasteiger partial charge >= 0.3 is 0 Å². The van der Waals surface area contributed by atoms with Crippen LogP contribution in [0.3, 0.4) is 0 Å². The van der Waals surface area contributed by atoms with E-state index < -0.39 is 0 Å². The van der Waals surface area contributed by atoms with E-state index in [9.17, 15) is 0 Å². The standard InChI is InChI=1S/C17H20N2O2S/c1-12(13-7-9-15(20-2)10-8-13)18-17(22)19-14-5-4-6-16(11-14)21-3/h4-12H,1-3H3,(H2,18,19,22)/t12-/m0/s1. The van der Waals surface area contributed by atoms with E-state index in [0.29, 0.717) is 5.11 Å². The Hall–Kier alpha value is -2.27. The van der Waals surface area contributed by atoms with Crippen LogP contribution in [0.25, 0.3) is 0 Å². The van der Waals surface area contributed by atoms with E-state index in [-0.39, 0.29) is 6.04 Å². The van der Waals surface area contributed by atoms with Gasteiger partial charge in [-0.05, 0) is 49.0 Å². The second-order valence-corrected chi connectivity index (χ2v) is 5.23. The second kappa shape index (κ2) is 7.66. The summed E-state index contributed by atoms with van der Waals surface area (Å²) in [5, 5.41) is 6.98. The van der Waals surface area contributed by atoms with Gasteiger partial charge in [-0.15, -0.1) is 0 Å². The minimum Gasteiger partial charge on any atom is -0.497 e. The molecule has 2 aromatic carbocycles. The molecule has 1 atom stereocenters. The van der Waals surface area contributed by atoms with Gasteiger partial charge in [0.1, 0.15) is 11.5 Å². The monoisotopic (exact) mass is 316 g/mol. The summed E-state index contributed by atoms with van der Waals surface area (Å²) < 4.78 is 10.4. The lowest BCUT2D eigenvalue weighted by Gasteiger charge is -2.18. The van der Waals surface area contributed by atoms with E-state index in [1.54, 1.807) is 14.2 Å². The van der Waals surface area contributed by atoms with Gasteiger partial charge in [0.05, 0.1) is 20.3 Å². The van der Waals surface area contributed by atoms with Gasteiger partial charge in [-0.25, -0.2) is 0 Å². The summed E-state index contributed by atoms with van der Waals surface area (Å²) in [7, 11) is 3.30. The van der Waals surface area contributed by atoms with E-state index in [1.807, 2.05) is 48.5 Å². The molecule has 2 aromatic rings. The van der Waals surface area contributed by atoms with Crippen LogP contribution in [0.15, 0.2) is 48.5 Å². The fourth-order valence-electron chi connectivity index (χ4n) is 2.04. The SMILES string of the molecule is COc1ccc([C@H](C)NC(=S)Nc2cccc(OC)c2)cc1. The summed E-state index contributed by atoms with van der Waals surface area (Å²) in [4.78, 5) is 0. The van der Waals surface area contributed by atoms with Crippen LogP contribution in [-0.4, -0.2) is 19.3 Å². The van der Waals surface area contributed by atoms with Crippen molar-refractivity contribution in [3.8, 4) is 11.5 Å². The van der Waals surface area contributed by atoms with Crippen LogP contribution in [0, 0.1) is 0 Å². The van der Waals surface area contributed by atoms with E-state index in [4.69, 9.17) is 21.7 Å². The first-order valence-corrected chi connectivity index (χ1v) is 7.38. The summed E-state index contributed by atoms with van der Waals surface area (Å²) in [5.41, 5.74) is 2.02. The fraction of sp³-hybridized carbons (Fsp3) is 0.235. The number of rotatable bonds is 5. The van der Waals surface area contributed by atoms with E-state index >= 15 is 0 Å². The molecule has 0 spiro atoms. The number of nitrogens with one attached hydrogen (secondary N) is 2. The molecule has 0 saturated heterocycles. The van der Waals surface area contributed by atoms with Crippen LogP contribution in [0.5, 0.6) is 11.5 Å². The van der Waals surface area contributed by atoms with E-state index in [1.165, 1.54) is 0 Å². The number of benzene rings is 2. The largest absolute Gasteiger partial charge is 0.497 e. The molecule has 116 valence electrons. The molecule has 2 rings (SSSR count). The molecule has 4 nitrogen and oxygen atoms in total. The van der Waals surface area contributed by atoms with Gasteiger partial charge < -0.3 is 20.1 Å². The topological polar surface area (TPSA) is 42.5 Å². The van der Waals surface area contributed by atoms with Gasteiger partial charge in [0.25, 0.3) is 0 Å². The van der Waals surface area contributed by atoms with Crippen molar-refractivity contribution >= 4 is 23.0 Å². The molecule has 22 heavy (non-hydrogen) atoms. The number of hydrogen-bond acceptors (Lipinski definition) is 3. The smallest absolute Gasteiger partial charge is 0.171 e. The molecule has 0 aliphatic rings. The molecule has 0 bridgehead atoms. The fourth-order valence-corrected chi connectivity index (χ4v) is 2.34. The maximum Gasteiger partial charge on any atom is 0.171 e. The van der Waals surface area contributed by atoms with Crippen LogP contribution in [0.1, 0.15) is 18.5 Å². The van der Waals surface area contributed by atoms with Crippen LogP contribution >= 0.6 is 12.2 Å². The molecule has 0 aliphatic carbocycles. The number of anilines is 1. The van der Waals surface area contributed by atoms with Gasteiger partial charge in [0.2, 0.25) is 0 Å². The molecular weight excluding hydrogens is 296 g/mol. The van der Waals surface area contributed by atoms with Gasteiger partial charge in [-0.3, -0.25) is 0 Å². The number of methoxy groups -OCH3 is 2. The van der Waals surface area contributed by atoms with Crippen LogP contribution in [0.4, 0.5) is 5.69 Å². The Labute approximate surface area is 136 Å². The lowest BCUT2D eigenvalue weighted by Crippen LogP contribution is -2.30. The van der Waals surface area contributed by atoms with Gasteiger partial charge in [-0.2, -0.15) is 0 Å². The van der Waals surface area contributed by atoms with Crippen LogP contribution in [0.2, 0.25) is 0 Å². The first kappa shape index (κ1) is 16.1. The highest BCUT2D eigenvalue weighted by Gasteiger charge is 2.07. The minimum atomic E-state index is 0.0940. The summed E-state index contributed by atoms with van der Waals surface area (Å²) >= 11 is 5.35. The highest BCUT2D eigenvalue weighted by Crippen LogP contribution is 2.19. The summed E-state index contributed by atoms with van der Waals surface area (Å²) in [6.07, 6.45) is 0. The average molecular weight is 316 g/mol. The third-order valence-corrected chi connectivity index (χ3v) is 3.51. The normalized spacial score (nSPS) is 11.4. The highest BCUT2D eigenvalue weighted by atomic mass is 32.1. The van der Waals surface area contributed by atoms with Gasteiger partial charge in [0, 0.05) is 11.8 Å². The van der Waals surface area contributed by atoms with Crippen molar-refractivity contribution in [2.24, 2.45) is 0 Å². The summed E-state index contributed by atoms with van der Waals surface area (Å²) in [5.74, 6) is 1.63. The van der Waals surface area contributed by atoms with Crippen molar-refractivity contribution in [1.29, 1.82) is 0 Å². The first-order valence-electron chi connectivity index (χ1n) is 6.98. The molecule has 0 radical (unpaired) electrons. The molecule has 5 heteroatoms. The van der Waals surface area contributed by atoms with Crippen molar-refractivity contribution in [3.63, 3.8) is 0 Å². The third kappa shape index (κ3) is 4.36. The zero-order valence-corrected chi connectivity index (χ0v) is 13.7. The quantitative estimate of drug-likeness (QED) is 0.822. The Morgan fingerprint density at radius 1 is 1.00 bits per heavy atom. The maximum absolute atomic E-state index is 5.35. The van der Waals surface area contributed by atoms with Crippen molar-refractivity contribution in [2.45, 2.75) is 13.0 Å². The van der Waals surface area contributed by atoms with Crippen molar-refractivity contribution in [3.05, 3.63) is 54.1 Å². The van der Waals surface area contributed by atoms with Crippen molar-refractivity contribution in [2.75, 3.05) is 19.5 Å². The molecule has 0 unspecified atom stereocenters. The lowest BCUT2D eigenvalue weighted by atomic mass is 10.1. The van der Waals surface area contributed by atoms with E-state index in [2.05, 4.69) is 17.6 Å². The Kier molecular flexibility index (Phi) is 5.61. The predicted octanol–water partition coefficient (Wildman–Crippen LogP) is 3.75. The molecule has 0 heterocycles. The maximum atomic E-state index is 5.35. The highest BCUT2D eigenvalue weighted by molar-refractivity contribution is 7.80. The Bertz CT molecular complexity index is 629. The molecule has 2 N–H and O–H groups in total. The van der Waals surface area contributed by atoms with Gasteiger partial charge in [-0.1, -0.05) is 18.2 Å². The average Bonchev–Trinajstić information content (AvgIpc) is 2.55. The zero-order valence-electron chi connectivity index (χ0n) is 12.9. The van der Waals surface area contributed by atoms with Crippen molar-refractivity contribution < 1.29 is 9.47 Å². The zero-order chi connectivity index (χ0) is 15.9. The summed E-state index contributed by atoms with van der Waals surface area (Å²) in [6.45, 7) is 2.06. The molecule has 0 aliphatic heterocycles. The first-order chi connectivity index (χ1) is 10.6. The number of hydrogen-bond donors (Lipinski definition) is 2. The van der Waals surface area contributed by atoms with Gasteiger partial charge in [0.15, 0.2) is 5.11 Å². The Morgan fingerprint density at radius 2 is 1.68 bits per heavy atom. The number of ether oxygens (including phenoxy) is 2. The molecular formula is C17H20N2O2S. The second-order valence-electron chi connectivity index (χ2n) is 4.83. The minimum absolute atomic E-state index is 0.0940. The Morgan fingerprint density at radius 3 is 2.32 bits per heavy atom. The van der Waals surface area contributed by atoms with Crippen molar-refractivity contribution in [1.82, 2.24) is 5.32 Å². The predicted molar refractivity (Wildman–Crippen MR) is 93.8 cm³/mol. The third-order valence-electron chi connectivity index (χ3n) is 3.29. The summed E-state index contributed by atoms with van der Waals surface area (Å²) in [6, 6.07) is 15.6. The lowest BCUT2D eigenvalue weighted by molar-refractivity contribution is 0.414. The van der Waals surface area contributed by atoms with Crippen LogP contribution < -0.4 is 20.1 Å². The molecule has 0 saturated carbocycles. The molecule has 0 fully saturated rings. The van der Waals surface area contributed by atoms with E-state index in [0.717, 1.165) is 22.7 Å². The van der Waals surface area contributed by atoms with Crippen LogP contribution in [-0.2, 0) is 0 Å². The molecule has 0 amide bonds. The molecule has 0 aromatic heterocycles. The number of thiocarbonyl (C=S) groups is 1. The Balaban J connectivity index is 1.95.